The first-order chi connectivity index (χ1) is 10.8. The number of amides is 1. The molecular weight excluding hydrogens is 274 g/mol. The van der Waals surface area contributed by atoms with Gasteiger partial charge in [-0.3, -0.25) is 4.79 Å². The lowest BCUT2D eigenvalue weighted by atomic mass is 9.68. The van der Waals surface area contributed by atoms with Crippen LogP contribution in [0.4, 0.5) is 0 Å². The molecular formula is C19H17NO2. The van der Waals surface area contributed by atoms with Crippen molar-refractivity contribution in [2.75, 3.05) is 13.2 Å². The lowest BCUT2D eigenvalue weighted by Gasteiger charge is -2.43. The molecule has 3 heteroatoms. The minimum atomic E-state index is -0.0518. The minimum Gasteiger partial charge on any atom is -0.356 e. The predicted octanol–water partition coefficient (Wildman–Crippen LogP) is 3.12. The van der Waals surface area contributed by atoms with E-state index in [0.717, 1.165) is 13.0 Å². The zero-order valence-corrected chi connectivity index (χ0v) is 12.2. The van der Waals surface area contributed by atoms with Gasteiger partial charge in [0.1, 0.15) is 6.23 Å². The normalized spacial score (nSPS) is 28.6. The van der Waals surface area contributed by atoms with Gasteiger partial charge in [-0.05, 0) is 22.3 Å². The summed E-state index contributed by atoms with van der Waals surface area (Å²) in [4.78, 5) is 15.0. The van der Waals surface area contributed by atoms with Crippen LogP contribution in [-0.4, -0.2) is 30.2 Å². The largest absolute Gasteiger partial charge is 0.356 e. The number of carbonyl (C=O) groups is 1. The molecule has 3 nitrogen and oxygen atoms in total. The molecule has 2 saturated heterocycles. The summed E-state index contributed by atoms with van der Waals surface area (Å²) in [6.07, 6.45) is 0.869. The quantitative estimate of drug-likeness (QED) is 0.746. The van der Waals surface area contributed by atoms with Crippen molar-refractivity contribution in [2.45, 2.75) is 24.5 Å². The van der Waals surface area contributed by atoms with Gasteiger partial charge in [-0.25, -0.2) is 0 Å². The van der Waals surface area contributed by atoms with Gasteiger partial charge < -0.3 is 9.64 Å². The van der Waals surface area contributed by atoms with Gasteiger partial charge in [0, 0.05) is 18.9 Å². The Morgan fingerprint density at radius 3 is 2.45 bits per heavy atom. The molecule has 2 aliphatic heterocycles. The highest BCUT2D eigenvalue weighted by atomic mass is 16.5. The molecule has 2 aromatic carbocycles. The van der Waals surface area contributed by atoms with Gasteiger partial charge in [0.25, 0.3) is 0 Å². The highest BCUT2D eigenvalue weighted by Crippen LogP contribution is 2.52. The highest BCUT2D eigenvalue weighted by Gasteiger charge is 2.48. The van der Waals surface area contributed by atoms with E-state index in [-0.39, 0.29) is 24.0 Å². The third kappa shape index (κ3) is 1.52. The van der Waals surface area contributed by atoms with Crippen LogP contribution in [0.1, 0.15) is 29.4 Å². The van der Waals surface area contributed by atoms with Crippen LogP contribution in [-0.2, 0) is 9.53 Å². The fourth-order valence-corrected chi connectivity index (χ4v) is 4.41. The van der Waals surface area contributed by atoms with Crippen molar-refractivity contribution in [3.8, 4) is 11.1 Å². The smallest absolute Gasteiger partial charge is 0.232 e. The Labute approximate surface area is 129 Å². The first-order valence-electron chi connectivity index (χ1n) is 7.95. The summed E-state index contributed by atoms with van der Waals surface area (Å²) in [5.74, 6) is 0.419. The molecule has 2 fully saturated rings. The zero-order chi connectivity index (χ0) is 14.7. The number of hydrogen-bond acceptors (Lipinski definition) is 2. The van der Waals surface area contributed by atoms with E-state index in [1.807, 2.05) is 11.0 Å². The van der Waals surface area contributed by atoms with E-state index < -0.39 is 0 Å². The number of hydrogen-bond donors (Lipinski definition) is 0. The summed E-state index contributed by atoms with van der Waals surface area (Å²) >= 11 is 0. The van der Waals surface area contributed by atoms with Crippen molar-refractivity contribution in [2.24, 2.45) is 0 Å². The van der Waals surface area contributed by atoms with E-state index in [4.69, 9.17) is 4.74 Å². The van der Waals surface area contributed by atoms with Crippen molar-refractivity contribution in [1.82, 2.24) is 4.90 Å². The molecule has 5 rings (SSSR count). The van der Waals surface area contributed by atoms with Crippen molar-refractivity contribution in [3.05, 3.63) is 59.7 Å². The van der Waals surface area contributed by atoms with E-state index in [0.29, 0.717) is 6.61 Å². The molecule has 3 aliphatic rings. The predicted molar refractivity (Wildman–Crippen MR) is 83.4 cm³/mol. The molecule has 110 valence electrons. The highest BCUT2D eigenvalue weighted by molar-refractivity contribution is 5.92. The molecule has 0 saturated carbocycles. The number of fused-ring (bicyclic) bond motifs is 7. The van der Waals surface area contributed by atoms with Gasteiger partial charge in [-0.15, -0.1) is 0 Å². The minimum absolute atomic E-state index is 0.0351. The maximum atomic E-state index is 13.1. The molecule has 0 spiro atoms. The summed E-state index contributed by atoms with van der Waals surface area (Å²) in [7, 11) is 0. The van der Waals surface area contributed by atoms with Crippen LogP contribution >= 0.6 is 0 Å². The first-order valence-corrected chi connectivity index (χ1v) is 7.95. The molecule has 3 atom stereocenters. The van der Waals surface area contributed by atoms with Crippen LogP contribution in [0.15, 0.2) is 48.5 Å². The van der Waals surface area contributed by atoms with Gasteiger partial charge in [0.05, 0.1) is 12.5 Å². The standard InChI is InChI=1S/C19H17NO2/c21-19-18-15-8-4-3-6-13(15)12-5-1-2-7-14(12)16(18)11-17-20(19)9-10-22-17/h1-8,16-18H,9-11H2/t16-,17-,18+/m1/s1. The summed E-state index contributed by atoms with van der Waals surface area (Å²) in [6.45, 7) is 1.40. The Kier molecular flexibility index (Phi) is 2.50. The van der Waals surface area contributed by atoms with Gasteiger partial charge in [-0.2, -0.15) is 0 Å². The fourth-order valence-electron chi connectivity index (χ4n) is 4.41. The van der Waals surface area contributed by atoms with Crippen LogP contribution in [0.3, 0.4) is 0 Å². The second kappa shape index (κ2) is 4.43. The summed E-state index contributed by atoms with van der Waals surface area (Å²) in [5, 5.41) is 0. The molecule has 0 bridgehead atoms. The Hall–Kier alpha value is -2.13. The average Bonchev–Trinajstić information content (AvgIpc) is 3.04. The lowest BCUT2D eigenvalue weighted by molar-refractivity contribution is -0.143. The van der Waals surface area contributed by atoms with Crippen molar-refractivity contribution in [1.29, 1.82) is 0 Å². The van der Waals surface area contributed by atoms with Gasteiger partial charge >= 0.3 is 0 Å². The average molecular weight is 291 g/mol. The summed E-state index contributed by atoms with van der Waals surface area (Å²) in [6, 6.07) is 16.9. The molecule has 2 heterocycles. The van der Waals surface area contributed by atoms with Crippen LogP contribution < -0.4 is 0 Å². The maximum Gasteiger partial charge on any atom is 0.232 e. The van der Waals surface area contributed by atoms with Crippen molar-refractivity contribution in [3.63, 3.8) is 0 Å². The fraction of sp³-hybridized carbons (Fsp3) is 0.316. The molecule has 0 unspecified atom stereocenters. The number of ether oxygens (including phenoxy) is 1. The third-order valence-electron chi connectivity index (χ3n) is 5.34. The Bertz CT molecular complexity index is 770. The number of benzene rings is 2. The maximum absolute atomic E-state index is 13.1. The summed E-state index contributed by atoms with van der Waals surface area (Å²) < 4.78 is 5.78. The van der Waals surface area contributed by atoms with Crippen molar-refractivity contribution >= 4 is 5.91 Å². The number of rotatable bonds is 0. The second-order valence-electron chi connectivity index (χ2n) is 6.35. The Morgan fingerprint density at radius 1 is 0.955 bits per heavy atom. The summed E-state index contributed by atoms with van der Waals surface area (Å²) in [5.41, 5.74) is 4.97. The molecule has 0 aromatic heterocycles. The van der Waals surface area contributed by atoms with E-state index >= 15 is 0 Å². The molecule has 1 aliphatic carbocycles. The SMILES string of the molecule is O=C1[C@H]2c3ccccc3-c3ccccc3[C@H]2C[C@H]2OCCN12. The molecule has 1 amide bonds. The van der Waals surface area contributed by atoms with Gasteiger partial charge in [0.2, 0.25) is 5.91 Å². The van der Waals surface area contributed by atoms with E-state index in [9.17, 15) is 4.79 Å². The van der Waals surface area contributed by atoms with Crippen LogP contribution in [0, 0.1) is 0 Å². The third-order valence-corrected chi connectivity index (χ3v) is 5.34. The molecule has 2 aromatic rings. The number of piperidine rings is 1. The van der Waals surface area contributed by atoms with Crippen molar-refractivity contribution < 1.29 is 9.53 Å². The monoisotopic (exact) mass is 291 g/mol. The van der Waals surface area contributed by atoms with Gasteiger partial charge in [0.15, 0.2) is 0 Å². The van der Waals surface area contributed by atoms with E-state index in [1.165, 1.54) is 22.3 Å². The zero-order valence-electron chi connectivity index (χ0n) is 12.2. The van der Waals surface area contributed by atoms with Gasteiger partial charge in [-0.1, -0.05) is 48.5 Å². The van der Waals surface area contributed by atoms with Crippen LogP contribution in [0.25, 0.3) is 11.1 Å². The number of carbonyl (C=O) groups excluding carboxylic acids is 1. The topological polar surface area (TPSA) is 29.5 Å². The Balaban J connectivity index is 1.75. The number of nitrogens with zero attached hydrogens (tertiary/aromatic N) is 1. The molecule has 22 heavy (non-hydrogen) atoms. The molecule has 0 N–H and O–H groups in total. The molecule has 0 radical (unpaired) electrons. The van der Waals surface area contributed by atoms with Crippen LogP contribution in [0.5, 0.6) is 0 Å². The van der Waals surface area contributed by atoms with E-state index in [2.05, 4.69) is 42.5 Å². The second-order valence-corrected chi connectivity index (χ2v) is 6.35. The lowest BCUT2D eigenvalue weighted by Crippen LogP contribution is -2.47. The first kappa shape index (κ1) is 12.4. The van der Waals surface area contributed by atoms with Crippen LogP contribution in [0.2, 0.25) is 0 Å². The van der Waals surface area contributed by atoms with E-state index in [1.54, 1.807) is 0 Å². The Morgan fingerprint density at radius 2 is 1.64 bits per heavy atom.